The Morgan fingerprint density at radius 2 is 2.18 bits per heavy atom. The average Bonchev–Trinajstić information content (AvgIpc) is 1.98. The highest BCUT2D eigenvalue weighted by Crippen LogP contribution is 2.07. The molecule has 1 unspecified atom stereocenters. The Labute approximate surface area is 66.4 Å². The molecule has 0 aliphatic rings. The highest BCUT2D eigenvalue weighted by atomic mass is 16.4. The van der Waals surface area contributed by atoms with Gasteiger partial charge in [-0.25, -0.2) is 4.79 Å². The number of aliphatic hydroxyl groups is 1. The van der Waals surface area contributed by atoms with Crippen LogP contribution >= 0.6 is 0 Å². The normalized spacial score (nSPS) is 16.6. The Bertz CT molecular complexity index is 151. The van der Waals surface area contributed by atoms with Crippen molar-refractivity contribution in [1.29, 1.82) is 0 Å². The summed E-state index contributed by atoms with van der Waals surface area (Å²) in [5.41, 5.74) is 0. The van der Waals surface area contributed by atoms with E-state index in [2.05, 4.69) is 0 Å². The Hall–Kier alpha value is -0.830. The molecule has 0 fully saturated rings. The van der Waals surface area contributed by atoms with Crippen LogP contribution in [0.3, 0.4) is 0 Å². The van der Waals surface area contributed by atoms with Crippen LogP contribution in [0.15, 0.2) is 12.2 Å². The van der Waals surface area contributed by atoms with Gasteiger partial charge in [0.1, 0.15) is 0 Å². The van der Waals surface area contributed by atoms with E-state index >= 15 is 0 Å². The van der Waals surface area contributed by atoms with E-state index < -0.39 is 12.1 Å². The summed E-state index contributed by atoms with van der Waals surface area (Å²) in [5, 5.41) is 17.4. The number of aliphatic hydroxyl groups excluding tert-OH is 1. The number of carbonyl (C=O) groups is 1. The zero-order chi connectivity index (χ0) is 8.85. The van der Waals surface area contributed by atoms with Gasteiger partial charge in [-0.15, -0.1) is 0 Å². The second kappa shape index (κ2) is 4.91. The zero-order valence-corrected chi connectivity index (χ0v) is 6.82. The van der Waals surface area contributed by atoms with E-state index in [0.29, 0.717) is 6.42 Å². The maximum Gasteiger partial charge on any atom is 0.327 e. The van der Waals surface area contributed by atoms with Gasteiger partial charge in [-0.05, 0) is 6.42 Å². The molecule has 11 heavy (non-hydrogen) atoms. The molecule has 0 saturated heterocycles. The SMILES string of the molecule is CCC(O)[C@@H](C)C=CC(=O)O. The molecule has 3 nitrogen and oxygen atoms in total. The van der Waals surface area contributed by atoms with E-state index in [1.807, 2.05) is 6.92 Å². The Balaban J connectivity index is 3.85. The van der Waals surface area contributed by atoms with Crippen molar-refractivity contribution >= 4 is 5.97 Å². The Kier molecular flexibility index (Phi) is 4.54. The van der Waals surface area contributed by atoms with Gasteiger partial charge in [0.25, 0.3) is 0 Å². The third-order valence-corrected chi connectivity index (χ3v) is 1.57. The van der Waals surface area contributed by atoms with Gasteiger partial charge >= 0.3 is 5.97 Å². The van der Waals surface area contributed by atoms with Crippen molar-refractivity contribution in [3.8, 4) is 0 Å². The van der Waals surface area contributed by atoms with Gasteiger partial charge in [0, 0.05) is 12.0 Å². The number of carboxylic acid groups (broad SMARTS) is 1. The van der Waals surface area contributed by atoms with Crippen molar-refractivity contribution in [1.82, 2.24) is 0 Å². The van der Waals surface area contributed by atoms with Crippen LogP contribution in [0.5, 0.6) is 0 Å². The fourth-order valence-electron chi connectivity index (χ4n) is 0.734. The van der Waals surface area contributed by atoms with Crippen molar-refractivity contribution in [3.05, 3.63) is 12.2 Å². The van der Waals surface area contributed by atoms with Crippen molar-refractivity contribution < 1.29 is 15.0 Å². The van der Waals surface area contributed by atoms with Crippen molar-refractivity contribution in [2.75, 3.05) is 0 Å². The molecule has 0 aliphatic heterocycles. The van der Waals surface area contributed by atoms with Crippen LogP contribution in [-0.4, -0.2) is 22.3 Å². The Morgan fingerprint density at radius 3 is 2.55 bits per heavy atom. The van der Waals surface area contributed by atoms with Crippen molar-refractivity contribution in [2.24, 2.45) is 5.92 Å². The van der Waals surface area contributed by atoms with Gasteiger partial charge in [0.15, 0.2) is 0 Å². The van der Waals surface area contributed by atoms with Crippen LogP contribution in [0.2, 0.25) is 0 Å². The van der Waals surface area contributed by atoms with Crippen LogP contribution < -0.4 is 0 Å². The molecule has 64 valence electrons. The summed E-state index contributed by atoms with van der Waals surface area (Å²) in [6, 6.07) is 0. The molecule has 0 heterocycles. The lowest BCUT2D eigenvalue weighted by Gasteiger charge is -2.11. The molecular weight excluding hydrogens is 144 g/mol. The molecule has 0 aliphatic carbocycles. The predicted molar refractivity (Wildman–Crippen MR) is 42.2 cm³/mol. The van der Waals surface area contributed by atoms with Gasteiger partial charge in [0.05, 0.1) is 6.10 Å². The molecule has 0 spiro atoms. The molecule has 0 amide bonds. The summed E-state index contributed by atoms with van der Waals surface area (Å²) in [5.74, 6) is -1.06. The molecular formula is C8H14O3. The summed E-state index contributed by atoms with van der Waals surface area (Å²) >= 11 is 0. The average molecular weight is 158 g/mol. The van der Waals surface area contributed by atoms with Gasteiger partial charge in [-0.1, -0.05) is 19.9 Å². The summed E-state index contributed by atoms with van der Waals surface area (Å²) < 4.78 is 0. The minimum absolute atomic E-state index is 0.0869. The first kappa shape index (κ1) is 10.2. The molecule has 0 aromatic rings. The largest absolute Gasteiger partial charge is 0.478 e. The second-order valence-electron chi connectivity index (χ2n) is 2.53. The van der Waals surface area contributed by atoms with E-state index in [-0.39, 0.29) is 5.92 Å². The molecule has 2 atom stereocenters. The van der Waals surface area contributed by atoms with E-state index in [1.165, 1.54) is 6.08 Å². The smallest absolute Gasteiger partial charge is 0.327 e. The summed E-state index contributed by atoms with van der Waals surface area (Å²) in [6.45, 7) is 3.64. The Morgan fingerprint density at radius 1 is 1.64 bits per heavy atom. The van der Waals surface area contributed by atoms with Crippen LogP contribution in [0.25, 0.3) is 0 Å². The van der Waals surface area contributed by atoms with Crippen LogP contribution in [0.4, 0.5) is 0 Å². The van der Waals surface area contributed by atoms with E-state index in [9.17, 15) is 9.90 Å². The quantitative estimate of drug-likeness (QED) is 0.601. The standard InChI is InChI=1S/C8H14O3/c1-3-7(9)6(2)4-5-8(10)11/h4-7,9H,3H2,1-2H3,(H,10,11)/t6-,7?/m0/s1. The molecule has 0 aromatic carbocycles. The third kappa shape index (κ3) is 4.56. The molecule has 0 rings (SSSR count). The van der Waals surface area contributed by atoms with Gasteiger partial charge in [-0.2, -0.15) is 0 Å². The lowest BCUT2D eigenvalue weighted by Crippen LogP contribution is -2.14. The first-order valence-corrected chi connectivity index (χ1v) is 3.67. The van der Waals surface area contributed by atoms with E-state index in [4.69, 9.17) is 5.11 Å². The highest BCUT2D eigenvalue weighted by Gasteiger charge is 2.07. The summed E-state index contributed by atoms with van der Waals surface area (Å²) in [7, 11) is 0. The molecule has 0 saturated carbocycles. The fraction of sp³-hybridized carbons (Fsp3) is 0.625. The first-order chi connectivity index (χ1) is 5.07. The van der Waals surface area contributed by atoms with Gasteiger partial charge < -0.3 is 10.2 Å². The topological polar surface area (TPSA) is 57.5 Å². The maximum absolute atomic E-state index is 10.0. The maximum atomic E-state index is 10.0. The number of rotatable bonds is 4. The zero-order valence-electron chi connectivity index (χ0n) is 6.82. The molecule has 0 bridgehead atoms. The van der Waals surface area contributed by atoms with Crippen LogP contribution in [0.1, 0.15) is 20.3 Å². The van der Waals surface area contributed by atoms with Gasteiger partial charge in [0.2, 0.25) is 0 Å². The van der Waals surface area contributed by atoms with E-state index in [1.54, 1.807) is 6.92 Å². The molecule has 3 heteroatoms. The fourth-order valence-corrected chi connectivity index (χ4v) is 0.734. The predicted octanol–water partition coefficient (Wildman–Crippen LogP) is 1.03. The van der Waals surface area contributed by atoms with Crippen molar-refractivity contribution in [3.63, 3.8) is 0 Å². The lowest BCUT2D eigenvalue weighted by atomic mass is 10.0. The summed E-state index contributed by atoms with van der Waals surface area (Å²) in [6.07, 6.45) is 2.76. The third-order valence-electron chi connectivity index (χ3n) is 1.57. The monoisotopic (exact) mass is 158 g/mol. The number of hydrogen-bond acceptors (Lipinski definition) is 2. The molecule has 2 N–H and O–H groups in total. The first-order valence-electron chi connectivity index (χ1n) is 3.67. The number of hydrogen-bond donors (Lipinski definition) is 2. The molecule has 0 aromatic heterocycles. The minimum Gasteiger partial charge on any atom is -0.478 e. The number of carboxylic acids is 1. The minimum atomic E-state index is -0.972. The lowest BCUT2D eigenvalue weighted by molar-refractivity contribution is -0.131. The van der Waals surface area contributed by atoms with Gasteiger partial charge in [-0.3, -0.25) is 0 Å². The van der Waals surface area contributed by atoms with Crippen molar-refractivity contribution in [2.45, 2.75) is 26.4 Å². The van der Waals surface area contributed by atoms with E-state index in [0.717, 1.165) is 6.08 Å². The summed E-state index contributed by atoms with van der Waals surface area (Å²) in [4.78, 5) is 10.0. The highest BCUT2D eigenvalue weighted by molar-refractivity contribution is 5.79. The van der Waals surface area contributed by atoms with Crippen LogP contribution in [-0.2, 0) is 4.79 Å². The molecule has 0 radical (unpaired) electrons. The second-order valence-corrected chi connectivity index (χ2v) is 2.53. The number of aliphatic carboxylic acids is 1. The van der Waals surface area contributed by atoms with Crippen LogP contribution in [0, 0.1) is 5.92 Å².